The van der Waals surface area contributed by atoms with Crippen LogP contribution in [-0.4, -0.2) is 58.3 Å². The number of morpholine rings is 1. The van der Waals surface area contributed by atoms with Crippen LogP contribution in [0.2, 0.25) is 0 Å². The SMILES string of the molecule is O=C(Nc1ccccn1)Nc1cn[nH]c1C(=O)Nc1ccc(CN2CCOCC2)cc1. The standard InChI is InChI=1S/C21H23N7O3/c29-20(24-16-6-4-15(5-7-16)14-28-9-11-31-12-10-28)19-17(13-23-27-19)25-21(30)26-18-3-1-2-8-22-18/h1-8,13H,9-12,14H2,(H,23,27)(H,24,29)(H2,22,25,26,30). The van der Waals surface area contributed by atoms with E-state index in [9.17, 15) is 9.59 Å². The summed E-state index contributed by atoms with van der Waals surface area (Å²) in [7, 11) is 0. The van der Waals surface area contributed by atoms with E-state index in [-0.39, 0.29) is 11.4 Å². The van der Waals surface area contributed by atoms with E-state index in [2.05, 4.69) is 36.0 Å². The van der Waals surface area contributed by atoms with Gasteiger partial charge in [0.2, 0.25) is 0 Å². The third-order valence-corrected chi connectivity index (χ3v) is 4.74. The quantitative estimate of drug-likeness (QED) is 0.485. The molecule has 0 bridgehead atoms. The van der Waals surface area contributed by atoms with Crippen molar-refractivity contribution in [3.63, 3.8) is 0 Å². The number of hydrogen-bond donors (Lipinski definition) is 4. The van der Waals surface area contributed by atoms with Crippen LogP contribution < -0.4 is 16.0 Å². The molecule has 0 saturated carbocycles. The molecule has 1 aromatic carbocycles. The summed E-state index contributed by atoms with van der Waals surface area (Å²) in [6.45, 7) is 4.20. The largest absolute Gasteiger partial charge is 0.379 e. The van der Waals surface area contributed by atoms with E-state index >= 15 is 0 Å². The van der Waals surface area contributed by atoms with E-state index in [0.29, 0.717) is 11.5 Å². The van der Waals surface area contributed by atoms with Crippen LogP contribution in [0.15, 0.2) is 54.9 Å². The number of hydrogen-bond acceptors (Lipinski definition) is 6. The molecular weight excluding hydrogens is 398 g/mol. The zero-order valence-electron chi connectivity index (χ0n) is 16.8. The summed E-state index contributed by atoms with van der Waals surface area (Å²) in [5.41, 5.74) is 2.22. The Morgan fingerprint density at radius 1 is 1.03 bits per heavy atom. The lowest BCUT2D eigenvalue weighted by Crippen LogP contribution is -2.35. The van der Waals surface area contributed by atoms with Crippen LogP contribution in [0.4, 0.5) is 22.0 Å². The number of carbonyl (C=O) groups excluding carboxylic acids is 2. The van der Waals surface area contributed by atoms with Crippen LogP contribution in [0.25, 0.3) is 0 Å². The highest BCUT2D eigenvalue weighted by Gasteiger charge is 2.17. The number of aromatic amines is 1. The highest BCUT2D eigenvalue weighted by Crippen LogP contribution is 2.17. The topological polar surface area (TPSA) is 124 Å². The number of pyridine rings is 1. The fraction of sp³-hybridized carbons (Fsp3) is 0.238. The second-order valence-electron chi connectivity index (χ2n) is 6.99. The minimum absolute atomic E-state index is 0.147. The summed E-state index contributed by atoms with van der Waals surface area (Å²) in [6, 6.07) is 12.3. The second-order valence-corrected chi connectivity index (χ2v) is 6.99. The van der Waals surface area contributed by atoms with Gasteiger partial charge in [0.25, 0.3) is 5.91 Å². The van der Waals surface area contributed by atoms with Gasteiger partial charge in [-0.2, -0.15) is 5.10 Å². The van der Waals surface area contributed by atoms with Gasteiger partial charge in [-0.15, -0.1) is 0 Å². The summed E-state index contributed by atoms with van der Waals surface area (Å²) in [4.78, 5) is 31.2. The van der Waals surface area contributed by atoms with Crippen LogP contribution in [0, 0.1) is 0 Å². The van der Waals surface area contributed by atoms with Gasteiger partial charge in [0.15, 0.2) is 0 Å². The minimum Gasteiger partial charge on any atom is -0.379 e. The zero-order valence-corrected chi connectivity index (χ0v) is 16.8. The Morgan fingerprint density at radius 2 is 1.84 bits per heavy atom. The van der Waals surface area contributed by atoms with Gasteiger partial charge >= 0.3 is 6.03 Å². The molecule has 160 valence electrons. The van der Waals surface area contributed by atoms with Crippen LogP contribution in [0.3, 0.4) is 0 Å². The van der Waals surface area contributed by atoms with Gasteiger partial charge < -0.3 is 15.4 Å². The Bertz CT molecular complexity index is 1010. The lowest BCUT2D eigenvalue weighted by molar-refractivity contribution is 0.0342. The Kier molecular flexibility index (Phi) is 6.50. The van der Waals surface area contributed by atoms with Gasteiger partial charge in [0.05, 0.1) is 25.1 Å². The molecule has 1 aliphatic rings. The van der Waals surface area contributed by atoms with E-state index in [1.807, 2.05) is 24.3 Å². The number of anilines is 3. The van der Waals surface area contributed by atoms with E-state index in [1.54, 1.807) is 24.4 Å². The molecule has 3 heterocycles. The first kappa shape index (κ1) is 20.5. The Labute approximate surface area is 179 Å². The van der Waals surface area contributed by atoms with Gasteiger partial charge in [-0.3, -0.25) is 20.1 Å². The van der Waals surface area contributed by atoms with Crippen molar-refractivity contribution in [2.24, 2.45) is 0 Å². The fourth-order valence-corrected chi connectivity index (χ4v) is 3.17. The molecule has 0 atom stereocenters. The molecule has 0 spiro atoms. The van der Waals surface area contributed by atoms with Crippen molar-refractivity contribution >= 4 is 29.1 Å². The molecule has 1 aliphatic heterocycles. The molecule has 3 amide bonds. The first-order valence-electron chi connectivity index (χ1n) is 9.90. The third kappa shape index (κ3) is 5.65. The number of rotatable bonds is 6. The maximum atomic E-state index is 12.6. The Balaban J connectivity index is 1.33. The van der Waals surface area contributed by atoms with Crippen LogP contribution in [0.1, 0.15) is 16.1 Å². The van der Waals surface area contributed by atoms with E-state index in [1.165, 1.54) is 6.20 Å². The summed E-state index contributed by atoms with van der Waals surface area (Å²) >= 11 is 0. The second kappa shape index (κ2) is 9.83. The Hall–Kier alpha value is -3.76. The molecule has 2 aromatic heterocycles. The lowest BCUT2D eigenvalue weighted by atomic mass is 10.2. The molecule has 1 fully saturated rings. The van der Waals surface area contributed by atoms with E-state index in [0.717, 1.165) is 38.4 Å². The number of nitrogens with one attached hydrogen (secondary N) is 4. The third-order valence-electron chi connectivity index (χ3n) is 4.74. The zero-order chi connectivity index (χ0) is 21.5. The average molecular weight is 421 g/mol. The molecule has 10 heteroatoms. The van der Waals surface area contributed by atoms with Crippen molar-refractivity contribution in [2.75, 3.05) is 42.3 Å². The monoisotopic (exact) mass is 421 g/mol. The molecule has 3 aromatic rings. The highest BCUT2D eigenvalue weighted by molar-refractivity contribution is 6.09. The summed E-state index contributed by atoms with van der Waals surface area (Å²) in [6.07, 6.45) is 2.94. The Morgan fingerprint density at radius 3 is 2.58 bits per heavy atom. The summed E-state index contributed by atoms with van der Waals surface area (Å²) < 4.78 is 5.37. The molecule has 31 heavy (non-hydrogen) atoms. The molecule has 4 rings (SSSR count). The van der Waals surface area contributed by atoms with Gasteiger partial charge in [-0.1, -0.05) is 18.2 Å². The summed E-state index contributed by atoms with van der Waals surface area (Å²) in [5, 5.41) is 14.5. The van der Waals surface area contributed by atoms with E-state index in [4.69, 9.17) is 4.74 Å². The summed E-state index contributed by atoms with van der Waals surface area (Å²) in [5.74, 6) is -0.0155. The predicted octanol–water partition coefficient (Wildman–Crippen LogP) is 2.53. The van der Waals surface area contributed by atoms with Gasteiger partial charge in [0.1, 0.15) is 11.5 Å². The number of amides is 3. The van der Waals surface area contributed by atoms with Crippen LogP contribution in [-0.2, 0) is 11.3 Å². The molecule has 0 radical (unpaired) electrons. The number of aromatic nitrogens is 3. The molecule has 0 aliphatic carbocycles. The maximum Gasteiger partial charge on any atom is 0.324 e. The first-order chi connectivity index (χ1) is 15.2. The molecule has 10 nitrogen and oxygen atoms in total. The number of H-pyrrole nitrogens is 1. The number of nitrogens with zero attached hydrogens (tertiary/aromatic N) is 3. The maximum absolute atomic E-state index is 12.6. The van der Waals surface area contributed by atoms with Crippen molar-refractivity contribution in [3.05, 3.63) is 66.1 Å². The van der Waals surface area contributed by atoms with Gasteiger partial charge in [-0.05, 0) is 29.8 Å². The number of benzene rings is 1. The number of ether oxygens (including phenoxy) is 1. The fourth-order valence-electron chi connectivity index (χ4n) is 3.17. The normalized spacial score (nSPS) is 14.1. The van der Waals surface area contributed by atoms with Gasteiger partial charge in [-0.25, -0.2) is 9.78 Å². The van der Waals surface area contributed by atoms with Crippen molar-refractivity contribution in [1.29, 1.82) is 0 Å². The minimum atomic E-state index is -0.526. The molecule has 4 N–H and O–H groups in total. The van der Waals surface area contributed by atoms with Crippen molar-refractivity contribution in [2.45, 2.75) is 6.54 Å². The highest BCUT2D eigenvalue weighted by atomic mass is 16.5. The van der Waals surface area contributed by atoms with E-state index < -0.39 is 11.9 Å². The van der Waals surface area contributed by atoms with Crippen molar-refractivity contribution < 1.29 is 14.3 Å². The predicted molar refractivity (Wildman–Crippen MR) is 116 cm³/mol. The van der Waals surface area contributed by atoms with Gasteiger partial charge in [0, 0.05) is 31.5 Å². The van der Waals surface area contributed by atoms with Crippen LogP contribution in [0.5, 0.6) is 0 Å². The molecule has 1 saturated heterocycles. The van der Waals surface area contributed by atoms with Crippen molar-refractivity contribution in [1.82, 2.24) is 20.1 Å². The smallest absolute Gasteiger partial charge is 0.324 e. The average Bonchev–Trinajstić information content (AvgIpc) is 3.24. The lowest BCUT2D eigenvalue weighted by Gasteiger charge is -2.26. The van der Waals surface area contributed by atoms with Crippen molar-refractivity contribution in [3.8, 4) is 0 Å². The van der Waals surface area contributed by atoms with Crippen LogP contribution >= 0.6 is 0 Å². The number of carbonyl (C=O) groups is 2. The molecule has 0 unspecified atom stereocenters. The first-order valence-corrected chi connectivity index (χ1v) is 9.90. The number of urea groups is 1. The molecular formula is C21H23N7O3.